The number of hydrogen-bond donors (Lipinski definition) is 0. The smallest absolute Gasteiger partial charge is 0.329 e. The van der Waals surface area contributed by atoms with Crippen LogP contribution in [0.1, 0.15) is 40.5 Å². The molecule has 0 aromatic heterocycles. The third-order valence-corrected chi connectivity index (χ3v) is 2.93. The van der Waals surface area contributed by atoms with E-state index in [1.54, 1.807) is 6.92 Å². The number of carbonyl (C=O) groups excluding carboxylic acids is 3. The van der Waals surface area contributed by atoms with Crippen LogP contribution in [0.4, 0.5) is 0 Å². The van der Waals surface area contributed by atoms with Crippen molar-refractivity contribution < 1.29 is 19.1 Å². The minimum atomic E-state index is -0.829. The standard InChI is InChI=1S/C14H21NO4/c1-5-11(15-12(16)6-7-13(15)17)14(18)19-10(4)8-9(2)3/h6-7,9-11H,5,8H2,1-4H3. The molecule has 5 heteroatoms. The molecule has 106 valence electrons. The van der Waals surface area contributed by atoms with Crippen LogP contribution in [0.3, 0.4) is 0 Å². The Kier molecular flexibility index (Phi) is 5.27. The van der Waals surface area contributed by atoms with Crippen LogP contribution in [0.25, 0.3) is 0 Å². The Hall–Kier alpha value is -1.65. The molecule has 19 heavy (non-hydrogen) atoms. The quantitative estimate of drug-likeness (QED) is 0.542. The van der Waals surface area contributed by atoms with Crippen molar-refractivity contribution in [3.63, 3.8) is 0 Å². The van der Waals surface area contributed by atoms with Gasteiger partial charge in [0.2, 0.25) is 0 Å². The lowest BCUT2D eigenvalue weighted by atomic mass is 10.1. The van der Waals surface area contributed by atoms with Crippen molar-refractivity contribution in [2.24, 2.45) is 5.92 Å². The zero-order valence-corrected chi connectivity index (χ0v) is 11.9. The zero-order chi connectivity index (χ0) is 14.6. The second-order valence-electron chi connectivity index (χ2n) is 5.18. The Bertz CT molecular complexity index is 382. The molecule has 1 heterocycles. The van der Waals surface area contributed by atoms with Gasteiger partial charge in [0, 0.05) is 12.2 Å². The van der Waals surface area contributed by atoms with Crippen LogP contribution >= 0.6 is 0 Å². The van der Waals surface area contributed by atoms with Crippen LogP contribution in [0.2, 0.25) is 0 Å². The highest BCUT2D eigenvalue weighted by molar-refractivity contribution is 6.14. The molecule has 0 N–H and O–H groups in total. The second-order valence-corrected chi connectivity index (χ2v) is 5.18. The molecule has 2 atom stereocenters. The van der Waals surface area contributed by atoms with E-state index >= 15 is 0 Å². The summed E-state index contributed by atoms with van der Waals surface area (Å²) in [5.74, 6) is -1.00. The number of nitrogens with zero attached hydrogens (tertiary/aromatic N) is 1. The molecule has 5 nitrogen and oxygen atoms in total. The van der Waals surface area contributed by atoms with Crippen molar-refractivity contribution in [2.75, 3.05) is 0 Å². The Morgan fingerprint density at radius 3 is 2.16 bits per heavy atom. The molecule has 1 aliphatic heterocycles. The molecule has 0 fully saturated rings. The second kappa shape index (κ2) is 6.50. The molecule has 1 rings (SSSR count). The molecule has 0 saturated carbocycles. The number of ether oxygens (including phenoxy) is 1. The Labute approximate surface area is 113 Å². The predicted octanol–water partition coefficient (Wildman–Crippen LogP) is 1.67. The van der Waals surface area contributed by atoms with Gasteiger partial charge in [-0.2, -0.15) is 0 Å². The summed E-state index contributed by atoms with van der Waals surface area (Å²) in [6, 6.07) is -0.829. The average Bonchev–Trinajstić information content (AvgIpc) is 2.60. The summed E-state index contributed by atoms with van der Waals surface area (Å²) >= 11 is 0. The van der Waals surface area contributed by atoms with E-state index in [0.717, 1.165) is 11.3 Å². The van der Waals surface area contributed by atoms with E-state index in [0.29, 0.717) is 12.3 Å². The van der Waals surface area contributed by atoms with Crippen molar-refractivity contribution in [3.05, 3.63) is 12.2 Å². The number of esters is 1. The van der Waals surface area contributed by atoms with Crippen molar-refractivity contribution in [3.8, 4) is 0 Å². The SMILES string of the molecule is CCC(C(=O)OC(C)CC(C)C)N1C(=O)C=CC1=O. The van der Waals surface area contributed by atoms with Crippen LogP contribution in [0.15, 0.2) is 12.2 Å². The van der Waals surface area contributed by atoms with Gasteiger partial charge < -0.3 is 4.74 Å². The lowest BCUT2D eigenvalue weighted by molar-refractivity contribution is -0.161. The number of carbonyl (C=O) groups is 3. The van der Waals surface area contributed by atoms with Gasteiger partial charge in [0.25, 0.3) is 11.8 Å². The van der Waals surface area contributed by atoms with Gasteiger partial charge >= 0.3 is 5.97 Å². The summed E-state index contributed by atoms with van der Waals surface area (Å²) < 4.78 is 5.31. The monoisotopic (exact) mass is 267 g/mol. The molecule has 0 saturated heterocycles. The highest BCUT2D eigenvalue weighted by Crippen LogP contribution is 2.16. The molecule has 0 spiro atoms. The molecular formula is C14H21NO4. The molecule has 0 aromatic carbocycles. The first-order chi connectivity index (χ1) is 8.86. The summed E-state index contributed by atoms with van der Waals surface area (Å²) in [5.41, 5.74) is 0. The average molecular weight is 267 g/mol. The van der Waals surface area contributed by atoms with Crippen molar-refractivity contribution >= 4 is 17.8 Å². The Morgan fingerprint density at radius 1 is 1.21 bits per heavy atom. The molecule has 0 radical (unpaired) electrons. The van der Waals surface area contributed by atoms with E-state index in [1.165, 1.54) is 12.2 Å². The zero-order valence-electron chi connectivity index (χ0n) is 11.9. The van der Waals surface area contributed by atoms with E-state index in [4.69, 9.17) is 4.74 Å². The minimum absolute atomic E-state index is 0.220. The van der Waals surface area contributed by atoms with Crippen LogP contribution in [0, 0.1) is 5.92 Å². The fraction of sp³-hybridized carbons (Fsp3) is 0.643. The van der Waals surface area contributed by atoms with Gasteiger partial charge in [-0.1, -0.05) is 20.8 Å². The van der Waals surface area contributed by atoms with Crippen LogP contribution in [-0.4, -0.2) is 34.8 Å². The number of hydrogen-bond acceptors (Lipinski definition) is 4. The van der Waals surface area contributed by atoms with Crippen LogP contribution < -0.4 is 0 Å². The van der Waals surface area contributed by atoms with Crippen LogP contribution in [0.5, 0.6) is 0 Å². The van der Waals surface area contributed by atoms with Crippen molar-refractivity contribution in [2.45, 2.75) is 52.7 Å². The maximum Gasteiger partial charge on any atom is 0.329 e. The fourth-order valence-corrected chi connectivity index (χ4v) is 2.16. The van der Waals surface area contributed by atoms with E-state index in [1.807, 2.05) is 20.8 Å². The highest BCUT2D eigenvalue weighted by atomic mass is 16.5. The molecule has 0 bridgehead atoms. The van der Waals surface area contributed by atoms with E-state index in [-0.39, 0.29) is 6.10 Å². The molecule has 2 unspecified atom stereocenters. The number of amides is 2. The van der Waals surface area contributed by atoms with E-state index in [9.17, 15) is 14.4 Å². The lowest BCUT2D eigenvalue weighted by Crippen LogP contribution is -2.46. The van der Waals surface area contributed by atoms with Gasteiger partial charge in [-0.05, 0) is 25.7 Å². The molecule has 2 amide bonds. The first-order valence-electron chi connectivity index (χ1n) is 6.62. The van der Waals surface area contributed by atoms with E-state index < -0.39 is 23.8 Å². The van der Waals surface area contributed by atoms with Crippen LogP contribution in [-0.2, 0) is 19.1 Å². The summed E-state index contributed by atoms with van der Waals surface area (Å²) in [5, 5.41) is 0. The normalized spacial score (nSPS) is 18.1. The molecule has 0 aromatic rings. The van der Waals surface area contributed by atoms with Gasteiger partial charge in [-0.25, -0.2) is 4.79 Å². The summed E-state index contributed by atoms with van der Waals surface area (Å²) in [4.78, 5) is 36.1. The molecular weight excluding hydrogens is 246 g/mol. The third kappa shape index (κ3) is 3.91. The van der Waals surface area contributed by atoms with Gasteiger partial charge in [-0.3, -0.25) is 14.5 Å². The van der Waals surface area contributed by atoms with Gasteiger partial charge in [0.05, 0.1) is 6.10 Å². The maximum absolute atomic E-state index is 12.0. The third-order valence-electron chi connectivity index (χ3n) is 2.93. The summed E-state index contributed by atoms with van der Waals surface area (Å²) in [6.45, 7) is 7.65. The van der Waals surface area contributed by atoms with Crippen molar-refractivity contribution in [1.82, 2.24) is 4.90 Å². The van der Waals surface area contributed by atoms with Gasteiger partial charge in [0.1, 0.15) is 6.04 Å². The summed E-state index contributed by atoms with van der Waals surface area (Å²) in [6.07, 6.45) is 3.24. The highest BCUT2D eigenvalue weighted by Gasteiger charge is 2.36. The largest absolute Gasteiger partial charge is 0.461 e. The first kappa shape index (κ1) is 15.4. The van der Waals surface area contributed by atoms with Gasteiger partial charge in [0.15, 0.2) is 0 Å². The lowest BCUT2D eigenvalue weighted by Gasteiger charge is -2.25. The number of rotatable bonds is 6. The Morgan fingerprint density at radius 2 is 1.74 bits per heavy atom. The number of imide groups is 1. The van der Waals surface area contributed by atoms with Crippen molar-refractivity contribution in [1.29, 1.82) is 0 Å². The van der Waals surface area contributed by atoms with E-state index in [2.05, 4.69) is 0 Å². The predicted molar refractivity (Wildman–Crippen MR) is 70.1 cm³/mol. The fourth-order valence-electron chi connectivity index (χ4n) is 2.16. The summed E-state index contributed by atoms with van der Waals surface area (Å²) in [7, 11) is 0. The molecule has 0 aliphatic carbocycles. The topological polar surface area (TPSA) is 63.7 Å². The first-order valence-corrected chi connectivity index (χ1v) is 6.62. The molecule has 1 aliphatic rings. The maximum atomic E-state index is 12.0. The van der Waals surface area contributed by atoms with Gasteiger partial charge in [-0.15, -0.1) is 0 Å². The minimum Gasteiger partial charge on any atom is -0.461 e. The Balaban J connectivity index is 2.67.